The second-order valence-electron chi connectivity index (χ2n) is 5.50. The molecule has 3 rings (SSSR count). The maximum atomic E-state index is 11.8. The van der Waals surface area contributed by atoms with Gasteiger partial charge in [-0.1, -0.05) is 12.2 Å². The highest BCUT2D eigenvalue weighted by atomic mass is 32.1. The minimum absolute atomic E-state index is 0.0981. The van der Waals surface area contributed by atoms with Gasteiger partial charge in [-0.25, -0.2) is 4.79 Å². The first-order chi connectivity index (χ1) is 12.4. The monoisotopic (exact) mass is 372 g/mol. The molecule has 0 aliphatic heterocycles. The van der Waals surface area contributed by atoms with Crippen LogP contribution in [0.1, 0.15) is 30.2 Å². The lowest BCUT2D eigenvalue weighted by Crippen LogP contribution is -2.02. The maximum absolute atomic E-state index is 11.8. The van der Waals surface area contributed by atoms with Crippen molar-refractivity contribution in [1.29, 1.82) is 0 Å². The van der Waals surface area contributed by atoms with Gasteiger partial charge in [0, 0.05) is 18.4 Å². The van der Waals surface area contributed by atoms with Gasteiger partial charge in [0.25, 0.3) is 0 Å². The fourth-order valence-electron chi connectivity index (χ4n) is 2.58. The van der Waals surface area contributed by atoms with Gasteiger partial charge in [-0.15, -0.1) is 0 Å². The van der Waals surface area contributed by atoms with Crippen LogP contribution in [0.15, 0.2) is 39.2 Å². The van der Waals surface area contributed by atoms with Gasteiger partial charge in [-0.3, -0.25) is 4.79 Å². The van der Waals surface area contributed by atoms with Gasteiger partial charge < -0.3 is 18.3 Å². The summed E-state index contributed by atoms with van der Waals surface area (Å²) in [5, 5.41) is 0.672. The third-order valence-corrected chi connectivity index (χ3v) is 4.05. The molecule has 1 aromatic carbocycles. The number of hydrogen-bond acceptors (Lipinski definition) is 7. The van der Waals surface area contributed by atoms with Gasteiger partial charge in [0.1, 0.15) is 22.9 Å². The summed E-state index contributed by atoms with van der Waals surface area (Å²) >= 11 is 5.58. The molecule has 0 amide bonds. The molecule has 6 nitrogen and oxygen atoms in total. The fraction of sp³-hybridized carbons (Fsp3) is 0.211. The highest BCUT2D eigenvalue weighted by Gasteiger charge is 2.18. The number of carbonyl (C=O) groups is 2. The van der Waals surface area contributed by atoms with Crippen molar-refractivity contribution in [2.75, 3.05) is 6.61 Å². The number of ether oxygens (including phenoxy) is 2. The van der Waals surface area contributed by atoms with Crippen LogP contribution < -0.4 is 4.74 Å². The molecule has 0 aliphatic rings. The Balaban J connectivity index is 2.09. The minimum Gasteiger partial charge on any atom is -0.460 e. The van der Waals surface area contributed by atoms with Crippen LogP contribution in [0.2, 0.25) is 0 Å². The molecule has 134 valence electrons. The van der Waals surface area contributed by atoms with E-state index in [-0.39, 0.29) is 12.4 Å². The molecular weight excluding hydrogens is 356 g/mol. The van der Waals surface area contributed by atoms with Gasteiger partial charge in [-0.05, 0) is 38.1 Å². The van der Waals surface area contributed by atoms with Crippen molar-refractivity contribution in [3.63, 3.8) is 0 Å². The topological polar surface area (TPSA) is 78.9 Å². The van der Waals surface area contributed by atoms with Gasteiger partial charge in [0.2, 0.25) is 5.76 Å². The molecule has 26 heavy (non-hydrogen) atoms. The molecule has 2 heterocycles. The van der Waals surface area contributed by atoms with Crippen LogP contribution in [-0.2, 0) is 9.53 Å². The van der Waals surface area contributed by atoms with Gasteiger partial charge >= 0.3 is 11.9 Å². The minimum atomic E-state index is -0.536. The van der Waals surface area contributed by atoms with Gasteiger partial charge in [0.15, 0.2) is 0 Å². The van der Waals surface area contributed by atoms with Crippen LogP contribution in [0.4, 0.5) is 0 Å². The molecule has 3 aromatic rings. The second-order valence-corrected chi connectivity index (χ2v) is 5.91. The molecule has 0 N–H and O–H groups in total. The summed E-state index contributed by atoms with van der Waals surface area (Å²) in [6.45, 7) is 5.05. The normalized spacial score (nSPS) is 10.7. The number of hydrogen-bond donors (Lipinski definition) is 0. The quantitative estimate of drug-likeness (QED) is 0.368. The molecule has 0 unspecified atom stereocenters. The fourth-order valence-corrected chi connectivity index (χ4v) is 3.00. The molecule has 2 aromatic heterocycles. The van der Waals surface area contributed by atoms with Crippen molar-refractivity contribution in [3.05, 3.63) is 46.4 Å². The highest BCUT2D eigenvalue weighted by molar-refractivity contribution is 7.71. The molecule has 0 atom stereocenters. The van der Waals surface area contributed by atoms with E-state index in [9.17, 15) is 9.59 Å². The Labute approximate surface area is 154 Å². The van der Waals surface area contributed by atoms with E-state index in [0.29, 0.717) is 38.3 Å². The number of rotatable bonds is 4. The number of carbonyl (C=O) groups excluding carboxylic acids is 2. The van der Waals surface area contributed by atoms with Crippen molar-refractivity contribution in [1.82, 2.24) is 0 Å². The number of aryl methyl sites for hydroxylation is 1. The lowest BCUT2D eigenvalue weighted by atomic mass is 10.1. The van der Waals surface area contributed by atoms with E-state index in [2.05, 4.69) is 0 Å². The van der Waals surface area contributed by atoms with E-state index in [1.54, 1.807) is 38.1 Å². The van der Waals surface area contributed by atoms with Crippen LogP contribution >= 0.6 is 12.2 Å². The maximum Gasteiger partial charge on any atom is 0.374 e. The molecule has 0 fully saturated rings. The molecule has 0 aliphatic carbocycles. The van der Waals surface area contributed by atoms with Crippen LogP contribution in [0, 0.1) is 11.4 Å². The van der Waals surface area contributed by atoms with Crippen molar-refractivity contribution in [2.45, 2.75) is 20.8 Å². The summed E-state index contributed by atoms with van der Waals surface area (Å²) < 4.78 is 21.9. The van der Waals surface area contributed by atoms with E-state index in [4.69, 9.17) is 30.5 Å². The van der Waals surface area contributed by atoms with Crippen LogP contribution in [0.25, 0.3) is 22.3 Å². The van der Waals surface area contributed by atoms with E-state index in [1.807, 2.05) is 0 Å². The zero-order chi connectivity index (χ0) is 18.8. The standard InChI is InChI=1S/C19H16O6S/c1-4-22-19(21)15-8-7-14(25-15)17-10(2)23-16-9-12(24-11(3)20)5-6-13(16)18(17)26/h5-9H,4H2,1-3H3. The van der Waals surface area contributed by atoms with E-state index >= 15 is 0 Å². The highest BCUT2D eigenvalue weighted by Crippen LogP contribution is 2.33. The number of esters is 2. The Morgan fingerprint density at radius 3 is 2.62 bits per heavy atom. The predicted octanol–water partition coefficient (Wildman–Crippen LogP) is 4.83. The number of fused-ring (bicyclic) bond motifs is 1. The first-order valence-corrected chi connectivity index (χ1v) is 8.34. The Kier molecular flexibility index (Phi) is 4.90. The Hall–Kier alpha value is -2.93. The average molecular weight is 372 g/mol. The van der Waals surface area contributed by atoms with Crippen LogP contribution in [0.5, 0.6) is 5.75 Å². The summed E-state index contributed by atoms with van der Waals surface area (Å²) in [5.41, 5.74) is 1.08. The average Bonchev–Trinajstić information content (AvgIpc) is 3.04. The summed E-state index contributed by atoms with van der Waals surface area (Å²) in [7, 11) is 0. The van der Waals surface area contributed by atoms with E-state index < -0.39 is 11.9 Å². The zero-order valence-corrected chi connectivity index (χ0v) is 15.3. The molecule has 0 spiro atoms. The number of furan rings is 1. The first-order valence-electron chi connectivity index (χ1n) is 7.94. The van der Waals surface area contributed by atoms with Gasteiger partial charge in [0.05, 0.1) is 16.7 Å². The summed E-state index contributed by atoms with van der Waals surface area (Å²) in [6.07, 6.45) is 0. The molecule has 0 radical (unpaired) electrons. The largest absolute Gasteiger partial charge is 0.460 e. The molecule has 0 saturated carbocycles. The SMILES string of the molecule is CCOC(=O)c1ccc(-c2c(C)oc3cc(OC(C)=O)ccc3c2=S)o1. The third kappa shape index (κ3) is 3.39. The smallest absolute Gasteiger partial charge is 0.374 e. The summed E-state index contributed by atoms with van der Waals surface area (Å²) in [4.78, 5) is 22.9. The van der Waals surface area contributed by atoms with Crippen molar-refractivity contribution >= 4 is 35.1 Å². The van der Waals surface area contributed by atoms with Crippen LogP contribution in [-0.4, -0.2) is 18.5 Å². The van der Waals surface area contributed by atoms with Crippen molar-refractivity contribution < 1.29 is 27.9 Å². The van der Waals surface area contributed by atoms with E-state index in [1.165, 1.54) is 13.0 Å². The van der Waals surface area contributed by atoms with Crippen molar-refractivity contribution in [3.8, 4) is 17.1 Å². The third-order valence-electron chi connectivity index (χ3n) is 3.63. The molecule has 0 saturated heterocycles. The summed E-state index contributed by atoms with van der Waals surface area (Å²) in [6, 6.07) is 8.15. The molecule has 7 heteroatoms. The van der Waals surface area contributed by atoms with E-state index in [0.717, 1.165) is 0 Å². The Morgan fingerprint density at radius 1 is 1.15 bits per heavy atom. The van der Waals surface area contributed by atoms with Crippen LogP contribution in [0.3, 0.4) is 0 Å². The van der Waals surface area contributed by atoms with Crippen molar-refractivity contribution in [2.24, 2.45) is 0 Å². The predicted molar refractivity (Wildman–Crippen MR) is 96.8 cm³/mol. The lowest BCUT2D eigenvalue weighted by Gasteiger charge is -2.08. The lowest BCUT2D eigenvalue weighted by molar-refractivity contribution is -0.131. The Morgan fingerprint density at radius 2 is 1.92 bits per heavy atom. The zero-order valence-electron chi connectivity index (χ0n) is 14.5. The second kappa shape index (κ2) is 7.13. The summed E-state index contributed by atoms with van der Waals surface area (Å²) in [5.74, 6) is 0.459. The Bertz CT molecular complexity index is 1060. The van der Waals surface area contributed by atoms with Gasteiger partial charge in [-0.2, -0.15) is 0 Å². The molecule has 0 bridgehead atoms. The molecular formula is C19H16O6S. The number of benzene rings is 1. The first kappa shape index (κ1) is 17.9.